The second-order valence-corrected chi connectivity index (χ2v) is 10.1. The standard InChI is InChI=1S/C12H18O3Si/c1-16(2,3)8-7-12(15)6-4-5-10(9-12)11(13)14/h4-5,10,15H,6,9H2,1-3H3,(H,13,14). The fourth-order valence-electron chi connectivity index (χ4n) is 1.52. The molecule has 88 valence electrons. The van der Waals surface area contributed by atoms with E-state index in [0.717, 1.165) is 0 Å². The first-order valence-electron chi connectivity index (χ1n) is 5.38. The van der Waals surface area contributed by atoms with Crippen molar-refractivity contribution in [1.29, 1.82) is 0 Å². The average molecular weight is 238 g/mol. The minimum atomic E-state index is -1.53. The van der Waals surface area contributed by atoms with Gasteiger partial charge in [0.15, 0.2) is 0 Å². The Hall–Kier alpha value is -1.05. The Labute approximate surface area is 97.2 Å². The van der Waals surface area contributed by atoms with Crippen molar-refractivity contribution in [2.24, 2.45) is 5.92 Å². The van der Waals surface area contributed by atoms with Gasteiger partial charge in [0.1, 0.15) is 13.7 Å². The smallest absolute Gasteiger partial charge is 0.310 e. The zero-order valence-electron chi connectivity index (χ0n) is 9.95. The molecule has 0 aromatic rings. The van der Waals surface area contributed by atoms with Gasteiger partial charge in [0.2, 0.25) is 0 Å². The van der Waals surface area contributed by atoms with E-state index in [0.29, 0.717) is 6.42 Å². The van der Waals surface area contributed by atoms with E-state index in [4.69, 9.17) is 5.11 Å². The Morgan fingerprint density at radius 1 is 1.50 bits per heavy atom. The third kappa shape index (κ3) is 3.84. The van der Waals surface area contributed by atoms with Gasteiger partial charge in [-0.2, -0.15) is 0 Å². The van der Waals surface area contributed by atoms with Gasteiger partial charge in [-0.3, -0.25) is 4.79 Å². The maximum absolute atomic E-state index is 10.8. The van der Waals surface area contributed by atoms with E-state index in [1.807, 2.05) is 0 Å². The molecule has 2 atom stereocenters. The van der Waals surface area contributed by atoms with Crippen LogP contribution in [0.2, 0.25) is 19.6 Å². The quantitative estimate of drug-likeness (QED) is 0.415. The van der Waals surface area contributed by atoms with Crippen LogP contribution in [0.15, 0.2) is 12.2 Å². The van der Waals surface area contributed by atoms with Crippen molar-refractivity contribution in [2.45, 2.75) is 38.1 Å². The first-order valence-corrected chi connectivity index (χ1v) is 8.88. The number of aliphatic carboxylic acids is 1. The second kappa shape index (κ2) is 4.44. The number of carbonyl (C=O) groups is 1. The molecule has 0 bridgehead atoms. The minimum Gasteiger partial charge on any atom is -0.481 e. The SMILES string of the molecule is C[Si](C)(C)C#CC1(O)CC=CC(C(=O)O)C1. The van der Waals surface area contributed by atoms with E-state index in [9.17, 15) is 9.90 Å². The highest BCUT2D eigenvalue weighted by molar-refractivity contribution is 6.83. The van der Waals surface area contributed by atoms with Crippen LogP contribution in [0.4, 0.5) is 0 Å². The molecule has 16 heavy (non-hydrogen) atoms. The highest BCUT2D eigenvalue weighted by atomic mass is 28.3. The van der Waals surface area contributed by atoms with Crippen LogP contribution in [0.25, 0.3) is 0 Å². The Kier molecular flexibility index (Phi) is 3.61. The molecule has 0 aliphatic heterocycles. The van der Waals surface area contributed by atoms with Crippen LogP contribution in [0, 0.1) is 17.4 Å². The van der Waals surface area contributed by atoms with Gasteiger partial charge >= 0.3 is 5.97 Å². The molecule has 0 saturated carbocycles. The summed E-state index contributed by atoms with van der Waals surface area (Å²) in [5.74, 6) is 1.36. The van der Waals surface area contributed by atoms with Crippen molar-refractivity contribution < 1.29 is 15.0 Å². The summed E-state index contributed by atoms with van der Waals surface area (Å²) in [6, 6.07) is 0. The Morgan fingerprint density at radius 2 is 2.12 bits per heavy atom. The number of aliphatic hydroxyl groups is 1. The van der Waals surface area contributed by atoms with Gasteiger partial charge in [-0.1, -0.05) is 37.7 Å². The minimum absolute atomic E-state index is 0.191. The fraction of sp³-hybridized carbons (Fsp3) is 0.583. The normalized spacial score (nSPS) is 29.4. The van der Waals surface area contributed by atoms with Gasteiger partial charge < -0.3 is 10.2 Å². The molecule has 0 fully saturated rings. The lowest BCUT2D eigenvalue weighted by Gasteiger charge is -2.27. The lowest BCUT2D eigenvalue weighted by atomic mass is 9.83. The predicted octanol–water partition coefficient (Wildman–Crippen LogP) is 1.65. The van der Waals surface area contributed by atoms with E-state index >= 15 is 0 Å². The van der Waals surface area contributed by atoms with Crippen LogP contribution in [0.1, 0.15) is 12.8 Å². The molecule has 0 aromatic carbocycles. The summed E-state index contributed by atoms with van der Waals surface area (Å²) in [5, 5.41) is 19.1. The highest BCUT2D eigenvalue weighted by Gasteiger charge is 2.33. The molecule has 4 heteroatoms. The lowest BCUT2D eigenvalue weighted by molar-refractivity contribution is -0.141. The zero-order valence-corrected chi connectivity index (χ0v) is 10.9. The molecule has 0 radical (unpaired) electrons. The molecule has 0 spiro atoms. The number of hydrogen-bond donors (Lipinski definition) is 2. The lowest BCUT2D eigenvalue weighted by Crippen LogP contribution is -2.35. The first-order chi connectivity index (χ1) is 7.22. The third-order valence-electron chi connectivity index (χ3n) is 2.37. The predicted molar refractivity (Wildman–Crippen MR) is 65.6 cm³/mol. The van der Waals surface area contributed by atoms with E-state index in [-0.39, 0.29) is 6.42 Å². The van der Waals surface area contributed by atoms with Crippen LogP contribution in [-0.4, -0.2) is 29.9 Å². The molecule has 0 heterocycles. The van der Waals surface area contributed by atoms with E-state index in [1.165, 1.54) is 0 Å². The maximum Gasteiger partial charge on any atom is 0.310 e. The largest absolute Gasteiger partial charge is 0.481 e. The molecule has 2 unspecified atom stereocenters. The Balaban J connectivity index is 2.83. The monoisotopic (exact) mass is 238 g/mol. The van der Waals surface area contributed by atoms with Crippen molar-refractivity contribution >= 4 is 14.0 Å². The van der Waals surface area contributed by atoms with Crippen LogP contribution in [0.3, 0.4) is 0 Å². The highest BCUT2D eigenvalue weighted by Crippen LogP contribution is 2.27. The summed E-state index contributed by atoms with van der Waals surface area (Å²) >= 11 is 0. The van der Waals surface area contributed by atoms with Crippen LogP contribution < -0.4 is 0 Å². The second-order valence-electron chi connectivity index (χ2n) is 5.31. The van der Waals surface area contributed by atoms with Crippen molar-refractivity contribution in [3.8, 4) is 11.5 Å². The Morgan fingerprint density at radius 3 is 2.62 bits per heavy atom. The van der Waals surface area contributed by atoms with E-state index in [2.05, 4.69) is 31.1 Å². The number of carboxylic acid groups (broad SMARTS) is 1. The third-order valence-corrected chi connectivity index (χ3v) is 3.24. The summed E-state index contributed by atoms with van der Waals surface area (Å²) in [6.07, 6.45) is 3.96. The fourth-order valence-corrected chi connectivity index (χ4v) is 2.13. The summed E-state index contributed by atoms with van der Waals surface area (Å²) < 4.78 is 0. The van der Waals surface area contributed by atoms with Gasteiger partial charge in [0.05, 0.1) is 5.92 Å². The summed E-state index contributed by atoms with van der Waals surface area (Å²) in [5.41, 5.74) is 1.95. The van der Waals surface area contributed by atoms with Gasteiger partial charge in [-0.15, -0.1) is 5.54 Å². The Bertz CT molecular complexity index is 370. The molecule has 0 saturated heterocycles. The van der Waals surface area contributed by atoms with Gasteiger partial charge in [0.25, 0.3) is 0 Å². The average Bonchev–Trinajstić information content (AvgIpc) is 2.14. The molecule has 3 nitrogen and oxygen atoms in total. The first kappa shape index (κ1) is 13.0. The van der Waals surface area contributed by atoms with Crippen LogP contribution in [0.5, 0.6) is 0 Å². The van der Waals surface area contributed by atoms with E-state index in [1.54, 1.807) is 12.2 Å². The maximum atomic E-state index is 10.8. The molecule has 1 aliphatic carbocycles. The molecular weight excluding hydrogens is 220 g/mol. The molecule has 0 aromatic heterocycles. The summed E-state index contributed by atoms with van der Waals surface area (Å²) in [7, 11) is -1.53. The van der Waals surface area contributed by atoms with Crippen molar-refractivity contribution in [3.63, 3.8) is 0 Å². The van der Waals surface area contributed by atoms with Crippen LogP contribution in [-0.2, 0) is 4.79 Å². The number of carboxylic acids is 1. The number of rotatable bonds is 1. The van der Waals surface area contributed by atoms with Gasteiger partial charge in [-0.25, -0.2) is 0 Å². The molecule has 0 amide bonds. The topological polar surface area (TPSA) is 57.5 Å². The summed E-state index contributed by atoms with van der Waals surface area (Å²) in [4.78, 5) is 10.8. The van der Waals surface area contributed by atoms with Crippen molar-refractivity contribution in [2.75, 3.05) is 0 Å². The zero-order chi connectivity index (χ0) is 12.4. The molecule has 1 aliphatic rings. The van der Waals surface area contributed by atoms with Crippen LogP contribution >= 0.6 is 0 Å². The molecule has 1 rings (SSSR count). The van der Waals surface area contributed by atoms with Gasteiger partial charge in [-0.05, 0) is 0 Å². The van der Waals surface area contributed by atoms with Crippen molar-refractivity contribution in [1.82, 2.24) is 0 Å². The summed E-state index contributed by atoms with van der Waals surface area (Å²) in [6.45, 7) is 6.28. The van der Waals surface area contributed by atoms with E-state index < -0.39 is 25.6 Å². The van der Waals surface area contributed by atoms with Gasteiger partial charge in [0, 0.05) is 12.8 Å². The number of hydrogen-bond acceptors (Lipinski definition) is 2. The van der Waals surface area contributed by atoms with Crippen molar-refractivity contribution in [3.05, 3.63) is 12.2 Å². The molecule has 2 N–H and O–H groups in total. The molecular formula is C12H18O3Si.